The predicted octanol–water partition coefficient (Wildman–Crippen LogP) is 4.39. The van der Waals surface area contributed by atoms with Crippen LogP contribution in [0.5, 0.6) is 5.75 Å². The standard InChI is InChI=1S/C15H22BrN3OS/c1-5-6-17-14(13-7-11(20-4)9-21-13)15-12(16)8-18-19(15)10(2)3/h7-10,14,17H,5-6H2,1-4H3. The number of hydrogen-bond donors (Lipinski definition) is 1. The molecule has 1 atom stereocenters. The molecule has 0 amide bonds. The van der Waals surface area contributed by atoms with Crippen molar-refractivity contribution < 1.29 is 4.74 Å². The third-order valence-electron chi connectivity index (χ3n) is 3.26. The molecular weight excluding hydrogens is 350 g/mol. The first-order valence-corrected chi connectivity index (χ1v) is 8.84. The van der Waals surface area contributed by atoms with Gasteiger partial charge in [0.1, 0.15) is 5.75 Å². The highest BCUT2D eigenvalue weighted by atomic mass is 79.9. The molecule has 0 saturated heterocycles. The van der Waals surface area contributed by atoms with Crippen molar-refractivity contribution in [2.24, 2.45) is 0 Å². The summed E-state index contributed by atoms with van der Waals surface area (Å²) in [7, 11) is 1.70. The molecule has 6 heteroatoms. The minimum atomic E-state index is 0.123. The first-order valence-electron chi connectivity index (χ1n) is 7.17. The minimum Gasteiger partial charge on any atom is -0.496 e. The van der Waals surface area contributed by atoms with Gasteiger partial charge in [0.05, 0.1) is 29.5 Å². The summed E-state index contributed by atoms with van der Waals surface area (Å²) in [5.41, 5.74) is 1.17. The van der Waals surface area contributed by atoms with Crippen molar-refractivity contribution in [1.29, 1.82) is 0 Å². The molecular formula is C15H22BrN3OS. The number of nitrogens with one attached hydrogen (secondary N) is 1. The zero-order chi connectivity index (χ0) is 15.4. The fourth-order valence-corrected chi connectivity index (χ4v) is 3.68. The number of thiophene rings is 1. The molecule has 0 aliphatic carbocycles. The molecule has 1 N–H and O–H groups in total. The van der Waals surface area contributed by atoms with Crippen LogP contribution in [0.2, 0.25) is 0 Å². The van der Waals surface area contributed by atoms with Gasteiger partial charge in [-0.2, -0.15) is 5.10 Å². The topological polar surface area (TPSA) is 39.1 Å². The zero-order valence-corrected chi connectivity index (χ0v) is 15.3. The summed E-state index contributed by atoms with van der Waals surface area (Å²) in [6, 6.07) is 2.54. The average Bonchev–Trinajstić information content (AvgIpc) is 3.07. The summed E-state index contributed by atoms with van der Waals surface area (Å²) in [6.07, 6.45) is 2.97. The lowest BCUT2D eigenvalue weighted by atomic mass is 10.1. The number of nitrogens with zero attached hydrogens (tertiary/aromatic N) is 2. The van der Waals surface area contributed by atoms with Crippen LogP contribution in [-0.4, -0.2) is 23.4 Å². The maximum atomic E-state index is 5.32. The molecule has 116 valence electrons. The van der Waals surface area contributed by atoms with Gasteiger partial charge in [0, 0.05) is 16.3 Å². The van der Waals surface area contributed by atoms with Gasteiger partial charge in [-0.1, -0.05) is 6.92 Å². The summed E-state index contributed by atoms with van der Waals surface area (Å²) >= 11 is 5.36. The second kappa shape index (κ2) is 7.42. The molecule has 2 heterocycles. The Morgan fingerprint density at radius 3 is 2.81 bits per heavy atom. The van der Waals surface area contributed by atoms with E-state index in [9.17, 15) is 0 Å². The van der Waals surface area contributed by atoms with E-state index >= 15 is 0 Å². The number of aromatic nitrogens is 2. The summed E-state index contributed by atoms with van der Waals surface area (Å²) in [5.74, 6) is 0.907. The van der Waals surface area contributed by atoms with E-state index in [1.54, 1.807) is 18.4 Å². The van der Waals surface area contributed by atoms with Crippen molar-refractivity contribution in [2.45, 2.75) is 39.3 Å². The van der Waals surface area contributed by atoms with E-state index in [0.717, 1.165) is 23.2 Å². The molecule has 0 saturated carbocycles. The van der Waals surface area contributed by atoms with Gasteiger partial charge in [0.2, 0.25) is 0 Å². The Labute approximate surface area is 138 Å². The summed E-state index contributed by atoms with van der Waals surface area (Å²) in [6.45, 7) is 7.43. The Kier molecular flexibility index (Phi) is 5.84. The van der Waals surface area contributed by atoms with Crippen molar-refractivity contribution in [2.75, 3.05) is 13.7 Å². The van der Waals surface area contributed by atoms with E-state index in [1.165, 1.54) is 10.6 Å². The van der Waals surface area contributed by atoms with Crippen LogP contribution in [-0.2, 0) is 0 Å². The quantitative estimate of drug-likeness (QED) is 0.784. The van der Waals surface area contributed by atoms with E-state index in [2.05, 4.69) is 57.9 Å². The first-order chi connectivity index (χ1) is 10.1. The highest BCUT2D eigenvalue weighted by Crippen LogP contribution is 2.35. The summed E-state index contributed by atoms with van der Waals surface area (Å²) in [4.78, 5) is 1.24. The van der Waals surface area contributed by atoms with E-state index < -0.39 is 0 Å². The van der Waals surface area contributed by atoms with Crippen molar-refractivity contribution in [3.8, 4) is 5.75 Å². The van der Waals surface area contributed by atoms with Crippen molar-refractivity contribution in [3.05, 3.63) is 32.7 Å². The molecule has 0 fully saturated rings. The Balaban J connectivity index is 2.42. The van der Waals surface area contributed by atoms with Crippen molar-refractivity contribution in [1.82, 2.24) is 15.1 Å². The number of rotatable bonds is 7. The van der Waals surface area contributed by atoms with Crippen LogP contribution in [0, 0.1) is 0 Å². The van der Waals surface area contributed by atoms with Gasteiger partial charge < -0.3 is 10.1 Å². The molecule has 2 aromatic heterocycles. The predicted molar refractivity (Wildman–Crippen MR) is 91.3 cm³/mol. The van der Waals surface area contributed by atoms with Gasteiger partial charge in [-0.25, -0.2) is 0 Å². The van der Waals surface area contributed by atoms with Crippen LogP contribution in [0.4, 0.5) is 0 Å². The van der Waals surface area contributed by atoms with E-state index in [-0.39, 0.29) is 6.04 Å². The Bertz CT molecular complexity index is 579. The number of halogens is 1. The molecule has 0 radical (unpaired) electrons. The minimum absolute atomic E-state index is 0.123. The molecule has 2 rings (SSSR count). The van der Waals surface area contributed by atoms with Gasteiger partial charge >= 0.3 is 0 Å². The van der Waals surface area contributed by atoms with Crippen LogP contribution in [0.15, 0.2) is 22.1 Å². The molecule has 0 aromatic carbocycles. The smallest absolute Gasteiger partial charge is 0.129 e. The normalized spacial score (nSPS) is 12.9. The first kappa shape index (κ1) is 16.5. The number of hydrogen-bond acceptors (Lipinski definition) is 4. The Morgan fingerprint density at radius 1 is 1.48 bits per heavy atom. The van der Waals surface area contributed by atoms with Crippen molar-refractivity contribution >= 4 is 27.3 Å². The lowest BCUT2D eigenvalue weighted by Gasteiger charge is -2.21. The third-order valence-corrected chi connectivity index (χ3v) is 4.85. The van der Waals surface area contributed by atoms with Crippen molar-refractivity contribution in [3.63, 3.8) is 0 Å². The van der Waals surface area contributed by atoms with E-state index in [0.29, 0.717) is 6.04 Å². The number of methoxy groups -OCH3 is 1. The molecule has 1 unspecified atom stereocenters. The largest absolute Gasteiger partial charge is 0.496 e. The third kappa shape index (κ3) is 3.67. The molecule has 0 aliphatic heterocycles. The maximum Gasteiger partial charge on any atom is 0.129 e. The molecule has 21 heavy (non-hydrogen) atoms. The number of ether oxygens (including phenoxy) is 1. The lowest BCUT2D eigenvalue weighted by molar-refractivity contribution is 0.415. The molecule has 0 spiro atoms. The van der Waals surface area contributed by atoms with Gasteiger partial charge in [-0.05, 0) is 48.8 Å². The lowest BCUT2D eigenvalue weighted by Crippen LogP contribution is -2.26. The average molecular weight is 372 g/mol. The summed E-state index contributed by atoms with van der Waals surface area (Å²) in [5, 5.41) is 10.2. The Hall–Kier alpha value is -0.850. The molecule has 2 aromatic rings. The van der Waals surface area contributed by atoms with Crippen LogP contribution in [0.1, 0.15) is 49.8 Å². The van der Waals surface area contributed by atoms with Gasteiger partial charge in [0.25, 0.3) is 0 Å². The van der Waals surface area contributed by atoms with E-state index in [4.69, 9.17) is 4.74 Å². The second-order valence-corrected chi connectivity index (χ2v) is 6.99. The van der Waals surface area contributed by atoms with Crippen LogP contribution >= 0.6 is 27.3 Å². The second-order valence-electron chi connectivity index (χ2n) is 5.19. The summed E-state index contributed by atoms with van der Waals surface area (Å²) < 4.78 is 8.44. The van der Waals surface area contributed by atoms with Gasteiger partial charge in [-0.3, -0.25) is 4.68 Å². The highest BCUT2D eigenvalue weighted by molar-refractivity contribution is 9.10. The molecule has 0 bridgehead atoms. The Morgan fingerprint density at radius 2 is 2.24 bits per heavy atom. The molecule has 0 aliphatic rings. The monoisotopic (exact) mass is 371 g/mol. The fourth-order valence-electron chi connectivity index (χ4n) is 2.25. The van der Waals surface area contributed by atoms with Gasteiger partial charge in [-0.15, -0.1) is 11.3 Å². The van der Waals surface area contributed by atoms with Gasteiger partial charge in [0.15, 0.2) is 0 Å². The van der Waals surface area contributed by atoms with Crippen LogP contribution in [0.25, 0.3) is 0 Å². The SMILES string of the molecule is CCCNC(c1cc(OC)cs1)c1c(Br)cnn1C(C)C. The van der Waals surface area contributed by atoms with E-state index in [1.807, 2.05) is 11.6 Å². The zero-order valence-electron chi connectivity index (χ0n) is 12.9. The van der Waals surface area contributed by atoms with Crippen LogP contribution in [0.3, 0.4) is 0 Å². The molecule has 4 nitrogen and oxygen atoms in total. The highest BCUT2D eigenvalue weighted by Gasteiger charge is 2.24. The maximum absolute atomic E-state index is 5.32. The van der Waals surface area contributed by atoms with Crippen LogP contribution < -0.4 is 10.1 Å². The fraction of sp³-hybridized carbons (Fsp3) is 0.533.